The van der Waals surface area contributed by atoms with Gasteiger partial charge >= 0.3 is 0 Å². The summed E-state index contributed by atoms with van der Waals surface area (Å²) >= 11 is 1.50. The number of nitrogens with two attached hydrogens (primary N) is 3. The lowest BCUT2D eigenvalue weighted by Crippen LogP contribution is -2.01. The van der Waals surface area contributed by atoms with Gasteiger partial charge in [-0.3, -0.25) is 0 Å². The second-order valence-corrected chi connectivity index (χ2v) is 7.22. The van der Waals surface area contributed by atoms with E-state index in [2.05, 4.69) is 31.7 Å². The van der Waals surface area contributed by atoms with Crippen LogP contribution in [-0.2, 0) is 6.54 Å². The summed E-state index contributed by atoms with van der Waals surface area (Å²) < 4.78 is 3.27. The van der Waals surface area contributed by atoms with Crippen molar-refractivity contribution in [2.45, 2.75) is 6.54 Å². The summed E-state index contributed by atoms with van der Waals surface area (Å²) in [5.41, 5.74) is 21.5. The molecule has 0 aliphatic rings. The van der Waals surface area contributed by atoms with Crippen molar-refractivity contribution < 1.29 is 0 Å². The topological polar surface area (TPSA) is 122 Å². The van der Waals surface area contributed by atoms with Gasteiger partial charge in [-0.1, -0.05) is 17.4 Å². The summed E-state index contributed by atoms with van der Waals surface area (Å²) in [5.74, 6) is 0.586. The maximum atomic E-state index is 6.09. The van der Waals surface area contributed by atoms with E-state index in [0.29, 0.717) is 10.9 Å². The summed E-state index contributed by atoms with van der Waals surface area (Å²) in [4.78, 5) is 12.7. The quantitative estimate of drug-likeness (QED) is 0.444. The number of fused-ring (bicyclic) bond motifs is 4. The van der Waals surface area contributed by atoms with Crippen molar-refractivity contribution in [2.24, 2.45) is 0 Å². The van der Waals surface area contributed by atoms with Crippen molar-refractivity contribution in [3.63, 3.8) is 0 Å². The highest BCUT2D eigenvalue weighted by atomic mass is 32.1. The van der Waals surface area contributed by atoms with Gasteiger partial charge in [-0.2, -0.15) is 4.98 Å². The molecule has 0 unspecified atom stereocenters. The summed E-state index contributed by atoms with van der Waals surface area (Å²) in [6, 6.07) is 12.2. The molecule has 0 saturated heterocycles. The maximum absolute atomic E-state index is 6.09. The summed E-state index contributed by atoms with van der Waals surface area (Å²) in [6.45, 7) is 0.735. The molecule has 0 bridgehead atoms. The first kappa shape index (κ1) is 14.9. The van der Waals surface area contributed by atoms with Gasteiger partial charge in [-0.05, 0) is 35.9 Å². The van der Waals surface area contributed by atoms with Crippen molar-refractivity contribution >= 4 is 60.3 Å². The Morgan fingerprint density at radius 1 is 0.923 bits per heavy atom. The van der Waals surface area contributed by atoms with E-state index in [1.807, 2.05) is 30.5 Å². The molecule has 2 aromatic carbocycles. The van der Waals surface area contributed by atoms with Crippen LogP contribution in [0.4, 0.5) is 16.9 Å². The zero-order valence-electron chi connectivity index (χ0n) is 13.7. The summed E-state index contributed by atoms with van der Waals surface area (Å²) in [5, 5.41) is 2.44. The van der Waals surface area contributed by atoms with E-state index in [9.17, 15) is 0 Å². The molecule has 0 saturated carbocycles. The highest BCUT2D eigenvalue weighted by Crippen LogP contribution is 2.30. The molecule has 6 N–H and O–H groups in total. The van der Waals surface area contributed by atoms with E-state index >= 15 is 0 Å². The molecule has 5 rings (SSSR count). The molecule has 26 heavy (non-hydrogen) atoms. The van der Waals surface area contributed by atoms with Crippen LogP contribution in [0.2, 0.25) is 0 Å². The second-order valence-electron chi connectivity index (χ2n) is 6.16. The Morgan fingerprint density at radius 2 is 1.77 bits per heavy atom. The number of rotatable bonds is 2. The number of nitrogen functional groups attached to an aromatic ring is 3. The standard InChI is InChI=1S/C18H15N7S/c19-16-15-10-5-6-25(13(10)4-3-12(15)22-17(20)24-16)8-9-1-2-11-14(7-9)26-18(21)23-11/h1-7H,8H2,(H2,21,23)(H4,19,20,22,24). The molecule has 0 fully saturated rings. The van der Waals surface area contributed by atoms with Gasteiger partial charge in [0.25, 0.3) is 0 Å². The van der Waals surface area contributed by atoms with Crippen molar-refractivity contribution in [3.8, 4) is 0 Å². The van der Waals surface area contributed by atoms with Gasteiger partial charge in [0.05, 0.1) is 21.1 Å². The van der Waals surface area contributed by atoms with Crippen LogP contribution in [-0.4, -0.2) is 19.5 Å². The first-order chi connectivity index (χ1) is 12.6. The molecule has 128 valence electrons. The fourth-order valence-electron chi connectivity index (χ4n) is 3.37. The number of thiazole rings is 1. The molecule has 8 heteroatoms. The molecule has 0 aliphatic heterocycles. The lowest BCUT2D eigenvalue weighted by atomic mass is 10.1. The largest absolute Gasteiger partial charge is 0.383 e. The lowest BCUT2D eigenvalue weighted by molar-refractivity contribution is 0.838. The zero-order chi connectivity index (χ0) is 17.8. The SMILES string of the molecule is Nc1nc(N)c2c(ccc3c2ccn3Cc2ccc3nc(N)sc3c2)n1. The molecule has 0 spiro atoms. The predicted octanol–water partition coefficient (Wildman–Crippen LogP) is 2.99. The zero-order valence-corrected chi connectivity index (χ0v) is 14.5. The lowest BCUT2D eigenvalue weighted by Gasteiger charge is -2.08. The minimum Gasteiger partial charge on any atom is -0.383 e. The monoisotopic (exact) mass is 361 g/mol. The van der Waals surface area contributed by atoms with E-state index in [-0.39, 0.29) is 5.95 Å². The number of aromatic nitrogens is 4. The Hall–Kier alpha value is -3.39. The van der Waals surface area contributed by atoms with E-state index < -0.39 is 0 Å². The van der Waals surface area contributed by atoms with Crippen LogP contribution in [0.3, 0.4) is 0 Å². The van der Waals surface area contributed by atoms with Crippen molar-refractivity contribution in [2.75, 3.05) is 17.2 Å². The van der Waals surface area contributed by atoms with Crippen LogP contribution in [0.25, 0.3) is 32.0 Å². The molecule has 3 aromatic heterocycles. The van der Waals surface area contributed by atoms with Gasteiger partial charge in [0.1, 0.15) is 5.82 Å². The third-order valence-corrected chi connectivity index (χ3v) is 5.33. The highest BCUT2D eigenvalue weighted by molar-refractivity contribution is 7.22. The smallest absolute Gasteiger partial charge is 0.222 e. The predicted molar refractivity (Wildman–Crippen MR) is 107 cm³/mol. The molecule has 0 amide bonds. The number of anilines is 3. The first-order valence-corrected chi connectivity index (χ1v) is 8.85. The molecule has 0 radical (unpaired) electrons. The Morgan fingerprint density at radius 3 is 2.65 bits per heavy atom. The first-order valence-electron chi connectivity index (χ1n) is 8.04. The number of benzene rings is 2. The van der Waals surface area contributed by atoms with Crippen molar-refractivity contribution in [3.05, 3.63) is 48.2 Å². The minimum atomic E-state index is 0.186. The molecular weight excluding hydrogens is 346 g/mol. The van der Waals surface area contributed by atoms with Crippen LogP contribution in [0, 0.1) is 0 Å². The third-order valence-electron chi connectivity index (χ3n) is 4.48. The van der Waals surface area contributed by atoms with Gasteiger partial charge in [-0.15, -0.1) is 0 Å². The van der Waals surface area contributed by atoms with Crippen molar-refractivity contribution in [1.82, 2.24) is 19.5 Å². The fourth-order valence-corrected chi connectivity index (χ4v) is 4.17. The second kappa shape index (κ2) is 5.30. The number of hydrogen-bond acceptors (Lipinski definition) is 7. The van der Waals surface area contributed by atoms with Crippen LogP contribution >= 0.6 is 11.3 Å². The highest BCUT2D eigenvalue weighted by Gasteiger charge is 2.11. The van der Waals surface area contributed by atoms with Crippen LogP contribution in [0.5, 0.6) is 0 Å². The van der Waals surface area contributed by atoms with Gasteiger partial charge < -0.3 is 21.8 Å². The van der Waals surface area contributed by atoms with E-state index in [1.54, 1.807) is 0 Å². The normalized spacial score (nSPS) is 11.7. The van der Waals surface area contributed by atoms with Crippen LogP contribution < -0.4 is 17.2 Å². The van der Waals surface area contributed by atoms with Crippen LogP contribution in [0.1, 0.15) is 5.56 Å². The van der Waals surface area contributed by atoms with Crippen LogP contribution in [0.15, 0.2) is 42.6 Å². The molecule has 5 aromatic rings. The Balaban J connectivity index is 1.63. The molecule has 7 nitrogen and oxygen atoms in total. The Kier molecular flexibility index (Phi) is 3.04. The van der Waals surface area contributed by atoms with Crippen molar-refractivity contribution in [1.29, 1.82) is 0 Å². The van der Waals surface area contributed by atoms with Gasteiger partial charge in [0.15, 0.2) is 5.13 Å². The van der Waals surface area contributed by atoms with E-state index in [0.717, 1.165) is 38.6 Å². The average Bonchev–Trinajstić information content (AvgIpc) is 3.16. The molecule has 0 atom stereocenters. The van der Waals surface area contributed by atoms with E-state index in [4.69, 9.17) is 17.2 Å². The molecular formula is C18H15N7S. The Bertz CT molecular complexity index is 1300. The number of hydrogen-bond donors (Lipinski definition) is 3. The fraction of sp³-hybridized carbons (Fsp3) is 0.0556. The van der Waals surface area contributed by atoms with E-state index in [1.165, 1.54) is 16.9 Å². The summed E-state index contributed by atoms with van der Waals surface area (Å²) in [6.07, 6.45) is 2.05. The summed E-state index contributed by atoms with van der Waals surface area (Å²) in [7, 11) is 0. The van der Waals surface area contributed by atoms with Gasteiger partial charge in [0, 0.05) is 23.6 Å². The average molecular weight is 361 g/mol. The number of nitrogens with zero attached hydrogens (tertiary/aromatic N) is 4. The third kappa shape index (κ3) is 2.23. The minimum absolute atomic E-state index is 0.186. The Labute approximate surface area is 152 Å². The molecule has 0 aliphatic carbocycles. The van der Waals surface area contributed by atoms with Gasteiger partial charge in [0.2, 0.25) is 5.95 Å². The maximum Gasteiger partial charge on any atom is 0.222 e. The van der Waals surface area contributed by atoms with Gasteiger partial charge in [-0.25, -0.2) is 9.97 Å². The molecule has 3 heterocycles.